The monoisotopic (exact) mass is 405 g/mol. The van der Waals surface area contributed by atoms with E-state index in [-0.39, 0.29) is 12.2 Å². The minimum Gasteiger partial charge on any atom is -0.491 e. The molecular formula is C25H31N3O2. The molecule has 0 saturated carbocycles. The van der Waals surface area contributed by atoms with Crippen molar-refractivity contribution in [3.63, 3.8) is 0 Å². The van der Waals surface area contributed by atoms with Gasteiger partial charge in [0.2, 0.25) is 0 Å². The summed E-state index contributed by atoms with van der Waals surface area (Å²) in [7, 11) is 0. The third-order valence-electron chi connectivity index (χ3n) is 4.54. The Morgan fingerprint density at radius 3 is 1.83 bits per heavy atom. The van der Waals surface area contributed by atoms with E-state index in [9.17, 15) is 0 Å². The van der Waals surface area contributed by atoms with Gasteiger partial charge in [0.25, 0.3) is 0 Å². The van der Waals surface area contributed by atoms with E-state index >= 15 is 0 Å². The molecule has 0 atom stereocenters. The van der Waals surface area contributed by atoms with Crippen molar-refractivity contribution in [3.05, 3.63) is 66.2 Å². The van der Waals surface area contributed by atoms with Crippen molar-refractivity contribution in [1.82, 2.24) is 0 Å². The smallest absolute Gasteiger partial charge is 0.119 e. The Balaban J connectivity index is 1.88. The molecule has 3 aromatic carbocycles. The van der Waals surface area contributed by atoms with Crippen LogP contribution >= 0.6 is 0 Å². The molecule has 0 aliphatic rings. The van der Waals surface area contributed by atoms with Crippen molar-refractivity contribution in [2.24, 2.45) is 5.73 Å². The van der Waals surface area contributed by atoms with Crippen LogP contribution in [0.4, 0.5) is 17.1 Å². The van der Waals surface area contributed by atoms with Crippen molar-refractivity contribution in [2.45, 2.75) is 46.4 Å². The van der Waals surface area contributed by atoms with Crippen LogP contribution in [0.3, 0.4) is 0 Å². The fourth-order valence-corrected chi connectivity index (χ4v) is 3.24. The molecule has 0 spiro atoms. The molecule has 158 valence electrons. The molecule has 0 bridgehead atoms. The van der Waals surface area contributed by atoms with Crippen LogP contribution in [0.5, 0.6) is 11.5 Å². The third kappa shape index (κ3) is 5.45. The van der Waals surface area contributed by atoms with Crippen LogP contribution in [0.1, 0.15) is 33.3 Å². The van der Waals surface area contributed by atoms with Gasteiger partial charge in [0, 0.05) is 12.2 Å². The van der Waals surface area contributed by atoms with Crippen molar-refractivity contribution < 1.29 is 9.47 Å². The lowest BCUT2D eigenvalue weighted by Crippen LogP contribution is -2.06. The molecule has 0 heterocycles. The van der Waals surface area contributed by atoms with Crippen LogP contribution in [-0.2, 0) is 6.54 Å². The molecule has 0 unspecified atom stereocenters. The quantitative estimate of drug-likeness (QED) is 0.418. The molecule has 3 rings (SSSR count). The van der Waals surface area contributed by atoms with Crippen LogP contribution in [0.25, 0.3) is 11.1 Å². The summed E-state index contributed by atoms with van der Waals surface area (Å²) >= 11 is 0. The first-order valence-electron chi connectivity index (χ1n) is 10.3. The summed E-state index contributed by atoms with van der Waals surface area (Å²) in [6, 6.07) is 19.9. The third-order valence-corrected chi connectivity index (χ3v) is 4.54. The van der Waals surface area contributed by atoms with Gasteiger partial charge in [-0.1, -0.05) is 12.1 Å². The summed E-state index contributed by atoms with van der Waals surface area (Å²) in [5.74, 6) is 1.69. The Morgan fingerprint density at radius 2 is 1.33 bits per heavy atom. The van der Waals surface area contributed by atoms with Gasteiger partial charge in [-0.05, 0) is 92.9 Å². The topological polar surface area (TPSA) is 82.5 Å². The molecule has 30 heavy (non-hydrogen) atoms. The van der Waals surface area contributed by atoms with E-state index in [1.807, 2.05) is 88.4 Å². The number of ether oxygens (including phenoxy) is 2. The van der Waals surface area contributed by atoms with E-state index in [1.165, 1.54) is 0 Å². The summed E-state index contributed by atoms with van der Waals surface area (Å²) in [6.07, 6.45) is 0.281. The van der Waals surface area contributed by atoms with Gasteiger partial charge in [0.1, 0.15) is 11.5 Å². The van der Waals surface area contributed by atoms with Crippen LogP contribution in [-0.4, -0.2) is 12.2 Å². The lowest BCUT2D eigenvalue weighted by Gasteiger charge is -2.17. The maximum Gasteiger partial charge on any atom is 0.119 e. The van der Waals surface area contributed by atoms with Gasteiger partial charge in [0.05, 0.1) is 23.6 Å². The predicted octanol–water partition coefficient (Wildman–Crippen LogP) is 5.71. The maximum atomic E-state index is 6.30. The van der Waals surface area contributed by atoms with Gasteiger partial charge in [-0.15, -0.1) is 0 Å². The van der Waals surface area contributed by atoms with Crippen molar-refractivity contribution in [1.29, 1.82) is 0 Å². The number of benzene rings is 3. The number of hydrogen-bond acceptors (Lipinski definition) is 5. The highest BCUT2D eigenvalue weighted by Gasteiger charge is 2.11. The van der Waals surface area contributed by atoms with E-state index in [2.05, 4.69) is 5.32 Å². The molecule has 0 aliphatic carbocycles. The Labute approximate surface area is 179 Å². The van der Waals surface area contributed by atoms with Crippen molar-refractivity contribution in [2.75, 3.05) is 11.1 Å². The largest absolute Gasteiger partial charge is 0.491 e. The molecule has 0 fully saturated rings. The van der Waals surface area contributed by atoms with Crippen molar-refractivity contribution in [3.8, 4) is 22.6 Å². The van der Waals surface area contributed by atoms with E-state index in [1.54, 1.807) is 0 Å². The Hall–Kier alpha value is -3.18. The van der Waals surface area contributed by atoms with E-state index in [0.29, 0.717) is 12.2 Å². The number of nitrogens with two attached hydrogens (primary N) is 2. The molecule has 0 amide bonds. The highest BCUT2D eigenvalue weighted by Crippen LogP contribution is 2.34. The van der Waals surface area contributed by atoms with Gasteiger partial charge < -0.3 is 26.3 Å². The second-order valence-corrected chi connectivity index (χ2v) is 7.81. The standard InChI is InChI=1S/C25H31N3O2/c1-16(2)29-21-9-5-18(6-10-21)23-14-25(24(27)13-19(23)15-26)28-20-7-11-22(12-8-20)30-17(3)4/h5-14,16-17,28H,15,26-27H2,1-4H3. The van der Waals surface area contributed by atoms with Crippen LogP contribution in [0.2, 0.25) is 0 Å². The Bertz CT molecular complexity index is 965. The predicted molar refractivity (Wildman–Crippen MR) is 125 cm³/mol. The summed E-state index contributed by atoms with van der Waals surface area (Å²) in [5, 5.41) is 3.41. The number of anilines is 3. The van der Waals surface area contributed by atoms with Crippen LogP contribution in [0, 0.1) is 0 Å². The number of nitrogens with one attached hydrogen (secondary N) is 1. The number of nitrogen functional groups attached to an aromatic ring is 1. The first kappa shape index (κ1) is 21.5. The fourth-order valence-electron chi connectivity index (χ4n) is 3.24. The fraction of sp³-hybridized carbons (Fsp3) is 0.280. The molecule has 0 saturated heterocycles. The summed E-state index contributed by atoms with van der Waals surface area (Å²) in [4.78, 5) is 0. The Morgan fingerprint density at radius 1 is 0.800 bits per heavy atom. The van der Waals surface area contributed by atoms with E-state index in [4.69, 9.17) is 20.9 Å². The second kappa shape index (κ2) is 9.55. The molecule has 0 aliphatic heterocycles. The van der Waals surface area contributed by atoms with E-state index < -0.39 is 0 Å². The lowest BCUT2D eigenvalue weighted by molar-refractivity contribution is 0.242. The summed E-state index contributed by atoms with van der Waals surface area (Å²) < 4.78 is 11.5. The molecule has 3 aromatic rings. The van der Waals surface area contributed by atoms with Gasteiger partial charge >= 0.3 is 0 Å². The number of rotatable bonds is 8. The second-order valence-electron chi connectivity index (χ2n) is 7.81. The maximum absolute atomic E-state index is 6.30. The highest BCUT2D eigenvalue weighted by molar-refractivity contribution is 5.82. The normalized spacial score (nSPS) is 11.0. The first-order chi connectivity index (χ1) is 14.4. The molecule has 5 nitrogen and oxygen atoms in total. The zero-order valence-corrected chi connectivity index (χ0v) is 18.1. The lowest BCUT2D eigenvalue weighted by atomic mass is 9.97. The molecule has 0 radical (unpaired) electrons. The molecule has 0 aromatic heterocycles. The summed E-state index contributed by atoms with van der Waals surface area (Å²) in [5.41, 5.74) is 17.8. The average Bonchev–Trinajstić information content (AvgIpc) is 2.70. The zero-order valence-electron chi connectivity index (χ0n) is 18.1. The summed E-state index contributed by atoms with van der Waals surface area (Å²) in [6.45, 7) is 8.45. The average molecular weight is 406 g/mol. The molecular weight excluding hydrogens is 374 g/mol. The SMILES string of the molecule is CC(C)Oc1ccc(Nc2cc(-c3ccc(OC(C)C)cc3)c(CN)cc2N)cc1. The minimum absolute atomic E-state index is 0.139. The number of hydrogen-bond donors (Lipinski definition) is 3. The van der Waals surface area contributed by atoms with Gasteiger partial charge in [0.15, 0.2) is 0 Å². The highest BCUT2D eigenvalue weighted by atomic mass is 16.5. The van der Waals surface area contributed by atoms with Crippen molar-refractivity contribution >= 4 is 17.1 Å². The Kier molecular flexibility index (Phi) is 6.85. The van der Waals surface area contributed by atoms with Gasteiger partial charge in [-0.3, -0.25) is 0 Å². The molecule has 5 heteroatoms. The zero-order chi connectivity index (χ0) is 21.7. The van der Waals surface area contributed by atoms with Crippen LogP contribution < -0.4 is 26.3 Å². The van der Waals surface area contributed by atoms with Gasteiger partial charge in [-0.2, -0.15) is 0 Å². The first-order valence-corrected chi connectivity index (χ1v) is 10.3. The molecule has 5 N–H and O–H groups in total. The van der Waals surface area contributed by atoms with E-state index in [0.717, 1.165) is 39.6 Å². The minimum atomic E-state index is 0.139. The van der Waals surface area contributed by atoms with Gasteiger partial charge in [-0.25, -0.2) is 0 Å². The van der Waals surface area contributed by atoms with Crippen LogP contribution in [0.15, 0.2) is 60.7 Å².